The van der Waals surface area contributed by atoms with Gasteiger partial charge in [-0.15, -0.1) is 0 Å². The average molecular weight is 406 g/mol. The standard InChI is InChI=1S/C25H24ClNO2/c1-3-29-23-16-19-6-4-5-7-24(19)25(18-8-10-20(26)11-9-18)27(17-23)21-12-14-22(28-2)15-13-21/h4-16,25H,3,17H2,1-2H3. The van der Waals surface area contributed by atoms with Crippen molar-refractivity contribution >= 4 is 23.4 Å². The molecule has 3 nitrogen and oxygen atoms in total. The van der Waals surface area contributed by atoms with Crippen molar-refractivity contribution in [2.24, 2.45) is 0 Å². The molecule has 4 heteroatoms. The second kappa shape index (κ2) is 8.62. The quantitative estimate of drug-likeness (QED) is 0.494. The van der Waals surface area contributed by atoms with E-state index in [1.165, 1.54) is 16.7 Å². The van der Waals surface area contributed by atoms with Gasteiger partial charge in [0.2, 0.25) is 0 Å². The molecule has 0 amide bonds. The van der Waals surface area contributed by atoms with E-state index in [-0.39, 0.29) is 6.04 Å². The number of ether oxygens (including phenoxy) is 2. The molecule has 0 saturated carbocycles. The van der Waals surface area contributed by atoms with E-state index in [1.54, 1.807) is 7.11 Å². The Bertz CT molecular complexity index is 996. The molecule has 1 atom stereocenters. The Balaban J connectivity index is 1.88. The van der Waals surface area contributed by atoms with Gasteiger partial charge in [-0.1, -0.05) is 48.0 Å². The normalized spacial score (nSPS) is 15.9. The first kappa shape index (κ1) is 19.4. The Morgan fingerprint density at radius 1 is 0.966 bits per heavy atom. The maximum Gasteiger partial charge on any atom is 0.119 e. The lowest BCUT2D eigenvalue weighted by molar-refractivity contribution is 0.228. The van der Waals surface area contributed by atoms with Crippen LogP contribution in [0.1, 0.15) is 29.7 Å². The molecule has 148 valence electrons. The summed E-state index contributed by atoms with van der Waals surface area (Å²) in [5, 5.41) is 0.736. The predicted molar refractivity (Wildman–Crippen MR) is 120 cm³/mol. The van der Waals surface area contributed by atoms with Crippen LogP contribution in [-0.2, 0) is 4.74 Å². The molecule has 1 aliphatic rings. The molecule has 0 bridgehead atoms. The monoisotopic (exact) mass is 405 g/mol. The molecule has 0 fully saturated rings. The van der Waals surface area contributed by atoms with E-state index in [2.05, 4.69) is 59.5 Å². The van der Waals surface area contributed by atoms with Crippen molar-refractivity contribution in [3.05, 3.63) is 100 Å². The lowest BCUT2D eigenvalue weighted by Crippen LogP contribution is -2.31. The molecule has 1 heterocycles. The fraction of sp³-hybridized carbons (Fsp3) is 0.200. The van der Waals surface area contributed by atoms with Gasteiger partial charge in [-0.05, 0) is 66.1 Å². The summed E-state index contributed by atoms with van der Waals surface area (Å²) < 4.78 is 11.3. The van der Waals surface area contributed by atoms with Crippen LogP contribution in [0.25, 0.3) is 6.08 Å². The van der Waals surface area contributed by atoms with E-state index in [1.807, 2.05) is 31.2 Å². The summed E-state index contributed by atoms with van der Waals surface area (Å²) in [6, 6.07) is 24.8. The highest BCUT2D eigenvalue weighted by molar-refractivity contribution is 6.30. The number of hydrogen-bond acceptors (Lipinski definition) is 3. The van der Waals surface area contributed by atoms with Gasteiger partial charge in [0.15, 0.2) is 0 Å². The largest absolute Gasteiger partial charge is 0.497 e. The number of fused-ring (bicyclic) bond motifs is 1. The van der Waals surface area contributed by atoms with Gasteiger partial charge in [0.05, 0.1) is 26.3 Å². The number of methoxy groups -OCH3 is 1. The van der Waals surface area contributed by atoms with Crippen LogP contribution >= 0.6 is 11.6 Å². The van der Waals surface area contributed by atoms with Crippen LogP contribution in [-0.4, -0.2) is 20.3 Å². The molecule has 0 aromatic heterocycles. The molecule has 0 radical (unpaired) electrons. The second-order valence-electron chi connectivity index (χ2n) is 6.95. The first-order valence-electron chi connectivity index (χ1n) is 9.78. The van der Waals surface area contributed by atoms with Crippen molar-refractivity contribution in [3.8, 4) is 5.75 Å². The van der Waals surface area contributed by atoms with Crippen molar-refractivity contribution in [3.63, 3.8) is 0 Å². The summed E-state index contributed by atoms with van der Waals surface area (Å²) in [7, 11) is 1.68. The van der Waals surface area contributed by atoms with Crippen molar-refractivity contribution in [1.82, 2.24) is 0 Å². The maximum atomic E-state index is 6.18. The van der Waals surface area contributed by atoms with Crippen molar-refractivity contribution in [2.75, 3.05) is 25.2 Å². The van der Waals surface area contributed by atoms with Crippen LogP contribution in [0.15, 0.2) is 78.6 Å². The SMILES string of the molecule is CCOC1=Cc2ccccc2C(c2ccc(Cl)cc2)N(c2ccc(OC)cc2)C1. The lowest BCUT2D eigenvalue weighted by atomic mass is 9.93. The van der Waals surface area contributed by atoms with Gasteiger partial charge in [0, 0.05) is 10.7 Å². The smallest absolute Gasteiger partial charge is 0.119 e. The van der Waals surface area contributed by atoms with Crippen molar-refractivity contribution in [2.45, 2.75) is 13.0 Å². The van der Waals surface area contributed by atoms with E-state index >= 15 is 0 Å². The highest BCUT2D eigenvalue weighted by Crippen LogP contribution is 2.39. The molecule has 29 heavy (non-hydrogen) atoms. The summed E-state index contributed by atoms with van der Waals surface area (Å²) in [4.78, 5) is 2.37. The summed E-state index contributed by atoms with van der Waals surface area (Å²) in [5.41, 5.74) is 4.70. The van der Waals surface area contributed by atoms with Crippen LogP contribution in [0.4, 0.5) is 5.69 Å². The van der Waals surface area contributed by atoms with Gasteiger partial charge in [-0.3, -0.25) is 0 Å². The Morgan fingerprint density at radius 2 is 1.69 bits per heavy atom. The summed E-state index contributed by atoms with van der Waals surface area (Å²) in [6.07, 6.45) is 2.16. The van der Waals surface area contributed by atoms with E-state index in [9.17, 15) is 0 Å². The Labute approximate surface area is 177 Å². The zero-order valence-corrected chi connectivity index (χ0v) is 17.4. The molecule has 1 unspecified atom stereocenters. The molecule has 1 aliphatic heterocycles. The molecule has 0 spiro atoms. The summed E-state index contributed by atoms with van der Waals surface area (Å²) in [5.74, 6) is 1.79. The van der Waals surface area contributed by atoms with Gasteiger partial charge < -0.3 is 14.4 Å². The van der Waals surface area contributed by atoms with Crippen LogP contribution in [0.5, 0.6) is 5.75 Å². The zero-order valence-electron chi connectivity index (χ0n) is 16.6. The second-order valence-corrected chi connectivity index (χ2v) is 7.39. The minimum atomic E-state index is 0.0334. The van der Waals surface area contributed by atoms with Crippen LogP contribution in [0, 0.1) is 0 Å². The minimum absolute atomic E-state index is 0.0334. The van der Waals surface area contributed by atoms with E-state index < -0.39 is 0 Å². The van der Waals surface area contributed by atoms with Gasteiger partial charge in [-0.25, -0.2) is 0 Å². The number of rotatable bonds is 5. The molecule has 3 aromatic rings. The topological polar surface area (TPSA) is 21.7 Å². The zero-order chi connectivity index (χ0) is 20.2. The highest BCUT2D eigenvalue weighted by Gasteiger charge is 2.28. The van der Waals surface area contributed by atoms with Gasteiger partial charge in [0.1, 0.15) is 11.5 Å². The van der Waals surface area contributed by atoms with Crippen LogP contribution in [0.3, 0.4) is 0 Å². The third-order valence-electron chi connectivity index (χ3n) is 5.16. The Morgan fingerprint density at radius 3 is 2.38 bits per heavy atom. The first-order chi connectivity index (χ1) is 14.2. The molecule has 0 aliphatic carbocycles. The van der Waals surface area contributed by atoms with Gasteiger partial charge in [0.25, 0.3) is 0 Å². The molecular formula is C25H24ClNO2. The third kappa shape index (κ3) is 4.10. The maximum absolute atomic E-state index is 6.18. The van der Waals surface area contributed by atoms with Crippen LogP contribution in [0.2, 0.25) is 5.02 Å². The molecular weight excluding hydrogens is 382 g/mol. The molecule has 3 aromatic carbocycles. The molecule has 0 saturated heterocycles. The Kier molecular flexibility index (Phi) is 5.77. The number of nitrogens with zero attached hydrogens (tertiary/aromatic N) is 1. The first-order valence-corrected chi connectivity index (χ1v) is 10.2. The van der Waals surface area contributed by atoms with Crippen molar-refractivity contribution < 1.29 is 9.47 Å². The number of hydrogen-bond donors (Lipinski definition) is 0. The van der Waals surface area contributed by atoms with E-state index in [0.717, 1.165) is 22.2 Å². The summed E-state index contributed by atoms with van der Waals surface area (Å²) >= 11 is 6.18. The number of halogens is 1. The highest BCUT2D eigenvalue weighted by atomic mass is 35.5. The van der Waals surface area contributed by atoms with E-state index in [0.29, 0.717) is 13.2 Å². The van der Waals surface area contributed by atoms with E-state index in [4.69, 9.17) is 21.1 Å². The fourth-order valence-corrected chi connectivity index (χ4v) is 3.95. The fourth-order valence-electron chi connectivity index (χ4n) is 3.83. The average Bonchev–Trinajstić information content (AvgIpc) is 2.91. The third-order valence-corrected chi connectivity index (χ3v) is 5.42. The lowest BCUT2D eigenvalue weighted by Gasteiger charge is -2.34. The van der Waals surface area contributed by atoms with Gasteiger partial charge >= 0.3 is 0 Å². The van der Waals surface area contributed by atoms with Gasteiger partial charge in [-0.2, -0.15) is 0 Å². The molecule has 4 rings (SSSR count). The number of anilines is 1. The number of benzene rings is 3. The van der Waals surface area contributed by atoms with Crippen molar-refractivity contribution in [1.29, 1.82) is 0 Å². The summed E-state index contributed by atoms with van der Waals surface area (Å²) in [6.45, 7) is 3.32. The minimum Gasteiger partial charge on any atom is -0.497 e. The Hall–Kier alpha value is -2.91. The van der Waals surface area contributed by atoms with Crippen LogP contribution < -0.4 is 9.64 Å². The predicted octanol–water partition coefficient (Wildman–Crippen LogP) is 6.34. The molecule has 0 N–H and O–H groups in total.